The highest BCUT2D eigenvalue weighted by Gasteiger charge is 2.33. The van der Waals surface area contributed by atoms with E-state index in [1.165, 1.54) is 40.7 Å². The van der Waals surface area contributed by atoms with E-state index in [2.05, 4.69) is 37.8 Å². The van der Waals surface area contributed by atoms with E-state index in [1.54, 1.807) is 62.4 Å². The number of nitrogens with two attached hydrogens (primary N) is 1. The van der Waals surface area contributed by atoms with Crippen molar-refractivity contribution in [2.45, 2.75) is 117 Å². The molecule has 0 atom stereocenters. The number of aromatic nitrogens is 4. The van der Waals surface area contributed by atoms with Gasteiger partial charge in [0.05, 0.1) is 28.3 Å². The zero-order valence-electron chi connectivity index (χ0n) is 40.4. The van der Waals surface area contributed by atoms with Gasteiger partial charge in [-0.1, -0.05) is 14.0 Å². The molecular weight excluding hydrogens is 979 g/mol. The Balaban J connectivity index is 0.000000169. The number of aryl methyl sites for hydroxylation is 1. The molecule has 2 fully saturated rings. The van der Waals surface area contributed by atoms with Crippen molar-refractivity contribution in [2.75, 3.05) is 49.9 Å². The molecule has 10 rings (SSSR count). The van der Waals surface area contributed by atoms with Gasteiger partial charge in [0.25, 0.3) is 0 Å². The molecule has 6 aromatic rings. The molecule has 0 radical (unpaired) electrons. The van der Waals surface area contributed by atoms with Crippen molar-refractivity contribution < 1.29 is 28.7 Å². The number of ether oxygens (including phenoxy) is 2. The molecular formula is C50H65N11O6S4. The van der Waals surface area contributed by atoms with Gasteiger partial charge in [-0.3, -0.25) is 19.6 Å². The molecule has 71 heavy (non-hydrogen) atoms. The van der Waals surface area contributed by atoms with Crippen molar-refractivity contribution >= 4 is 99.8 Å². The number of carbonyl (C=O) groups excluding carboxylic acids is 4. The first-order valence-electron chi connectivity index (χ1n) is 23.5. The summed E-state index contributed by atoms with van der Waals surface area (Å²) in [6.07, 6.45) is 13.5. The van der Waals surface area contributed by atoms with Crippen LogP contribution < -0.4 is 27.0 Å². The van der Waals surface area contributed by atoms with Crippen LogP contribution in [-0.4, -0.2) is 116 Å². The maximum Gasteiger partial charge on any atom is 0.410 e. The molecule has 6 aromatic heterocycles. The van der Waals surface area contributed by atoms with Gasteiger partial charge in [-0.25, -0.2) is 19.6 Å². The summed E-state index contributed by atoms with van der Waals surface area (Å²) < 4.78 is 12.8. The van der Waals surface area contributed by atoms with Crippen LogP contribution in [0, 0.1) is 0 Å². The maximum absolute atomic E-state index is 12.6. The molecule has 17 nitrogen and oxygen atoms in total. The summed E-state index contributed by atoms with van der Waals surface area (Å²) in [6, 6.07) is 4.59. The number of likely N-dealkylation sites (tertiary alicyclic amines) is 1. The van der Waals surface area contributed by atoms with Gasteiger partial charge in [0.1, 0.15) is 42.3 Å². The molecule has 6 N–H and O–H groups in total. The lowest BCUT2D eigenvalue weighted by molar-refractivity contribution is -0.116. The Labute approximate surface area is 431 Å². The van der Waals surface area contributed by atoms with Crippen molar-refractivity contribution in [2.24, 2.45) is 5.73 Å². The second-order valence-corrected chi connectivity index (χ2v) is 23.7. The average molecular weight is 1040 g/mol. The van der Waals surface area contributed by atoms with Gasteiger partial charge in [-0.2, -0.15) is 0 Å². The average Bonchev–Trinajstić information content (AvgIpc) is 4.07. The van der Waals surface area contributed by atoms with E-state index < -0.39 is 11.2 Å². The largest absolute Gasteiger partial charge is 0.444 e. The highest BCUT2D eigenvalue weighted by atomic mass is 32.1. The number of pyridine rings is 2. The molecule has 2 saturated heterocycles. The standard InChI is InChI=1S/C21H22N4O3S2.C20H23N5OS2.C8H16N2O2.CH4/c1-5-16(26)24-19-17(18-23-13-10-22-8-6-14(13)29-18)12-7-9-25(11-15(12)30-19)20(27)28-21(2,3)4;26-17(6-8-23-12-9-22-10-12)25-20-18(13-3-1-2-4-15(13)27-20)19-24-14-11-21-7-5-16(14)28-19;1-8(2,3)12-7(11)10-4-6(9)5-10;/h5-6,8,10H,1,7,9,11H2,2-4H3,(H,24,26);5,7,11-12,22-23H,1-4,6,8-10H2,(H,25,26);6H,4-5,9H2,1-3H3;1H4. The predicted octanol–water partition coefficient (Wildman–Crippen LogP) is 9.23. The molecule has 0 saturated carbocycles. The molecule has 4 amide bonds. The number of hydrogen-bond acceptors (Lipinski definition) is 17. The summed E-state index contributed by atoms with van der Waals surface area (Å²) in [7, 11) is 0. The quantitative estimate of drug-likeness (QED) is 0.0854. The zero-order chi connectivity index (χ0) is 49.7. The number of thiophene rings is 2. The third kappa shape index (κ3) is 13.6. The summed E-state index contributed by atoms with van der Waals surface area (Å²) in [6.45, 7) is 19.6. The first kappa shape index (κ1) is 53.4. The Kier molecular flexibility index (Phi) is 17.3. The highest BCUT2D eigenvalue weighted by molar-refractivity contribution is 7.23. The minimum atomic E-state index is -0.546. The smallest absolute Gasteiger partial charge is 0.410 e. The van der Waals surface area contributed by atoms with Crippen molar-refractivity contribution in [3.8, 4) is 21.1 Å². The Bertz CT molecular complexity index is 2800. The maximum atomic E-state index is 12.6. The Morgan fingerprint density at radius 1 is 0.789 bits per heavy atom. The summed E-state index contributed by atoms with van der Waals surface area (Å²) >= 11 is 6.46. The number of hydrogen-bond donors (Lipinski definition) is 5. The fourth-order valence-electron chi connectivity index (χ4n) is 8.02. The molecule has 380 valence electrons. The Morgan fingerprint density at radius 3 is 1.87 bits per heavy atom. The fourth-order valence-corrected chi connectivity index (χ4v) is 12.7. The van der Waals surface area contributed by atoms with E-state index >= 15 is 0 Å². The van der Waals surface area contributed by atoms with Crippen LogP contribution in [0.25, 0.3) is 41.6 Å². The van der Waals surface area contributed by atoms with Crippen LogP contribution in [0.5, 0.6) is 0 Å². The van der Waals surface area contributed by atoms with E-state index in [9.17, 15) is 19.2 Å². The molecule has 0 spiro atoms. The monoisotopic (exact) mass is 1040 g/mol. The minimum absolute atomic E-state index is 0. The summed E-state index contributed by atoms with van der Waals surface area (Å²) in [5, 5.41) is 16.3. The molecule has 21 heteroatoms. The molecule has 4 aliphatic rings. The van der Waals surface area contributed by atoms with Gasteiger partial charge in [0.2, 0.25) is 11.8 Å². The fraction of sp³-hybridized carbons (Fsp3) is 0.480. The third-order valence-electron chi connectivity index (χ3n) is 11.5. The van der Waals surface area contributed by atoms with Crippen LogP contribution in [0.2, 0.25) is 0 Å². The summed E-state index contributed by atoms with van der Waals surface area (Å²) in [5.41, 5.74) is 10.9. The van der Waals surface area contributed by atoms with Gasteiger partial charge in [0.15, 0.2) is 0 Å². The van der Waals surface area contributed by atoms with Crippen LogP contribution in [0.3, 0.4) is 0 Å². The second-order valence-electron chi connectivity index (χ2n) is 19.4. The van der Waals surface area contributed by atoms with Gasteiger partial charge in [-0.05, 0) is 103 Å². The van der Waals surface area contributed by atoms with E-state index in [-0.39, 0.29) is 37.5 Å². The first-order chi connectivity index (χ1) is 33.4. The number of nitrogens with zero attached hydrogens (tertiary/aromatic N) is 6. The number of fused-ring (bicyclic) bond motifs is 4. The normalized spacial score (nSPS) is 15.6. The van der Waals surface area contributed by atoms with Gasteiger partial charge < -0.3 is 46.3 Å². The van der Waals surface area contributed by atoms with E-state index in [1.807, 2.05) is 59.9 Å². The number of carbonyl (C=O) groups is 4. The second kappa shape index (κ2) is 23.0. The van der Waals surface area contributed by atoms with Crippen LogP contribution in [0.4, 0.5) is 19.6 Å². The molecule has 9 heterocycles. The predicted molar refractivity (Wildman–Crippen MR) is 288 cm³/mol. The van der Waals surface area contributed by atoms with Gasteiger partial charge in [0, 0.05) is 91.0 Å². The molecule has 0 bridgehead atoms. The SMILES string of the molecule is C.C=CC(=O)Nc1sc2c(c1-c1nc3cnccc3s1)CCN(C(=O)OC(C)(C)C)C2.CC(C)(C)OC(=O)N1CC(N)C1.O=C(CCNC1CNC1)Nc1sc2c(c1-c1nc3cnccc3s1)CCCC2. The number of anilines is 2. The van der Waals surface area contributed by atoms with Crippen LogP contribution in [-0.2, 0) is 44.9 Å². The zero-order valence-corrected chi connectivity index (χ0v) is 43.7. The van der Waals surface area contributed by atoms with Crippen molar-refractivity contribution in [3.63, 3.8) is 0 Å². The number of thiazole rings is 2. The Hall–Kier alpha value is -5.42. The Morgan fingerprint density at radius 2 is 1.34 bits per heavy atom. The molecule has 0 aromatic carbocycles. The van der Waals surface area contributed by atoms with Crippen molar-refractivity contribution in [1.29, 1.82) is 0 Å². The number of nitrogens with one attached hydrogen (secondary N) is 4. The lowest BCUT2D eigenvalue weighted by Gasteiger charge is -2.37. The van der Waals surface area contributed by atoms with Crippen LogP contribution in [0.15, 0.2) is 49.6 Å². The topological polar surface area (TPSA) is 219 Å². The van der Waals surface area contributed by atoms with E-state index in [0.717, 1.165) is 87.9 Å². The molecule has 3 aliphatic heterocycles. The number of amides is 4. The van der Waals surface area contributed by atoms with E-state index in [0.29, 0.717) is 51.6 Å². The molecule has 1 aliphatic carbocycles. The molecule has 0 unspecified atom stereocenters. The lowest BCUT2D eigenvalue weighted by atomic mass is 9.96. The van der Waals surface area contributed by atoms with Gasteiger partial charge >= 0.3 is 12.2 Å². The van der Waals surface area contributed by atoms with Crippen molar-refractivity contribution in [3.05, 3.63) is 70.5 Å². The third-order valence-corrected chi connectivity index (χ3v) is 15.9. The summed E-state index contributed by atoms with van der Waals surface area (Å²) in [4.78, 5) is 72.0. The minimum Gasteiger partial charge on any atom is -0.444 e. The first-order valence-corrected chi connectivity index (χ1v) is 26.8. The van der Waals surface area contributed by atoms with Gasteiger partial charge in [-0.15, -0.1) is 45.3 Å². The number of rotatable bonds is 9. The summed E-state index contributed by atoms with van der Waals surface area (Å²) in [5.74, 6) is -0.205. The van der Waals surface area contributed by atoms with Crippen molar-refractivity contribution in [1.82, 2.24) is 40.4 Å². The lowest BCUT2D eigenvalue weighted by Crippen LogP contribution is -2.58. The van der Waals surface area contributed by atoms with Crippen LogP contribution >= 0.6 is 45.3 Å². The van der Waals surface area contributed by atoms with E-state index in [4.69, 9.17) is 25.2 Å². The highest BCUT2D eigenvalue weighted by Crippen LogP contribution is 2.47. The van der Waals surface area contributed by atoms with Crippen LogP contribution in [0.1, 0.15) is 89.1 Å².